The van der Waals surface area contributed by atoms with Crippen molar-refractivity contribution in [2.75, 3.05) is 19.8 Å². The highest BCUT2D eigenvalue weighted by Crippen LogP contribution is 2.23. The summed E-state index contributed by atoms with van der Waals surface area (Å²) in [7, 11) is 0. The standard InChI is InChI=1S/C15H22ClNO3/c1-3-8-20-14-5-4-12(16)9-13(14)15(19)17-10-11(2)6-7-18/h4-5,9,11,18H,3,6-8,10H2,1-2H3,(H,17,19). The summed E-state index contributed by atoms with van der Waals surface area (Å²) in [5, 5.41) is 12.2. The Morgan fingerprint density at radius 1 is 1.50 bits per heavy atom. The number of carbonyl (C=O) groups is 1. The molecule has 20 heavy (non-hydrogen) atoms. The predicted molar refractivity (Wildman–Crippen MR) is 80.4 cm³/mol. The van der Waals surface area contributed by atoms with Crippen LogP contribution in [0.4, 0.5) is 0 Å². The molecule has 112 valence electrons. The lowest BCUT2D eigenvalue weighted by atomic mass is 10.1. The minimum Gasteiger partial charge on any atom is -0.493 e. The summed E-state index contributed by atoms with van der Waals surface area (Å²) in [6, 6.07) is 5.03. The molecule has 5 heteroatoms. The molecule has 1 unspecified atom stereocenters. The summed E-state index contributed by atoms with van der Waals surface area (Å²) in [5.74, 6) is 0.565. The zero-order chi connectivity index (χ0) is 15.0. The van der Waals surface area contributed by atoms with E-state index in [1.807, 2.05) is 13.8 Å². The Balaban J connectivity index is 2.72. The van der Waals surface area contributed by atoms with Crippen molar-refractivity contribution in [1.82, 2.24) is 5.32 Å². The molecule has 0 heterocycles. The van der Waals surface area contributed by atoms with E-state index in [0.717, 1.165) is 6.42 Å². The average molecular weight is 300 g/mol. The number of hydrogen-bond acceptors (Lipinski definition) is 3. The number of amides is 1. The van der Waals surface area contributed by atoms with Crippen LogP contribution in [0.2, 0.25) is 5.02 Å². The molecular weight excluding hydrogens is 278 g/mol. The fourth-order valence-corrected chi connectivity index (χ4v) is 1.87. The van der Waals surface area contributed by atoms with Gasteiger partial charge in [-0.15, -0.1) is 0 Å². The monoisotopic (exact) mass is 299 g/mol. The summed E-state index contributed by atoms with van der Waals surface area (Å²) in [6.07, 6.45) is 1.53. The van der Waals surface area contributed by atoms with Crippen LogP contribution in [-0.4, -0.2) is 30.8 Å². The van der Waals surface area contributed by atoms with E-state index in [1.54, 1.807) is 18.2 Å². The molecule has 0 aliphatic heterocycles. The Morgan fingerprint density at radius 3 is 2.90 bits per heavy atom. The van der Waals surface area contributed by atoms with Crippen molar-refractivity contribution >= 4 is 17.5 Å². The first-order valence-electron chi connectivity index (χ1n) is 6.89. The van der Waals surface area contributed by atoms with Gasteiger partial charge < -0.3 is 15.2 Å². The average Bonchev–Trinajstić information content (AvgIpc) is 2.43. The van der Waals surface area contributed by atoms with Crippen molar-refractivity contribution in [3.05, 3.63) is 28.8 Å². The number of nitrogens with one attached hydrogen (secondary N) is 1. The lowest BCUT2D eigenvalue weighted by Gasteiger charge is -2.14. The number of benzene rings is 1. The molecule has 4 nitrogen and oxygen atoms in total. The van der Waals surface area contributed by atoms with Crippen LogP contribution in [0.5, 0.6) is 5.75 Å². The molecule has 1 rings (SSSR count). The first-order valence-corrected chi connectivity index (χ1v) is 7.27. The molecule has 0 aliphatic carbocycles. The third-order valence-corrected chi connectivity index (χ3v) is 3.12. The largest absolute Gasteiger partial charge is 0.493 e. The van der Waals surface area contributed by atoms with Gasteiger partial charge in [-0.05, 0) is 37.0 Å². The van der Waals surface area contributed by atoms with Gasteiger partial charge in [0.2, 0.25) is 0 Å². The maximum atomic E-state index is 12.2. The third kappa shape index (κ3) is 5.39. The molecule has 0 fully saturated rings. The molecular formula is C15H22ClNO3. The number of carbonyl (C=O) groups excluding carboxylic acids is 1. The molecule has 0 aromatic heterocycles. The van der Waals surface area contributed by atoms with Gasteiger partial charge in [-0.3, -0.25) is 4.79 Å². The molecule has 2 N–H and O–H groups in total. The van der Waals surface area contributed by atoms with E-state index in [-0.39, 0.29) is 18.4 Å². The van der Waals surface area contributed by atoms with Crippen LogP contribution < -0.4 is 10.1 Å². The highest BCUT2D eigenvalue weighted by molar-refractivity contribution is 6.31. The number of rotatable bonds is 8. The number of ether oxygens (including phenoxy) is 1. The highest BCUT2D eigenvalue weighted by Gasteiger charge is 2.14. The Morgan fingerprint density at radius 2 is 2.25 bits per heavy atom. The summed E-state index contributed by atoms with van der Waals surface area (Å²) in [6.45, 7) is 5.18. The molecule has 0 aliphatic rings. The van der Waals surface area contributed by atoms with E-state index in [0.29, 0.717) is 35.9 Å². The number of hydrogen-bond donors (Lipinski definition) is 2. The van der Waals surface area contributed by atoms with Crippen LogP contribution in [0.15, 0.2) is 18.2 Å². The van der Waals surface area contributed by atoms with Crippen LogP contribution in [0.25, 0.3) is 0 Å². The molecule has 0 spiro atoms. The van der Waals surface area contributed by atoms with E-state index in [1.165, 1.54) is 0 Å². The van der Waals surface area contributed by atoms with Gasteiger partial charge in [0.1, 0.15) is 5.75 Å². The minimum atomic E-state index is -0.205. The second kappa shape index (κ2) is 8.82. The first-order chi connectivity index (χ1) is 9.58. The van der Waals surface area contributed by atoms with Gasteiger partial charge in [0.15, 0.2) is 0 Å². The van der Waals surface area contributed by atoms with Gasteiger partial charge in [0.25, 0.3) is 5.91 Å². The summed E-state index contributed by atoms with van der Waals surface area (Å²) >= 11 is 5.94. The van der Waals surface area contributed by atoms with Crippen LogP contribution in [0, 0.1) is 5.92 Å². The first kappa shape index (κ1) is 16.8. The molecule has 0 bridgehead atoms. The van der Waals surface area contributed by atoms with Crippen LogP contribution in [-0.2, 0) is 0 Å². The SMILES string of the molecule is CCCOc1ccc(Cl)cc1C(=O)NCC(C)CCO. The van der Waals surface area contributed by atoms with Gasteiger partial charge in [-0.2, -0.15) is 0 Å². The van der Waals surface area contributed by atoms with Crippen molar-refractivity contribution in [3.63, 3.8) is 0 Å². The fraction of sp³-hybridized carbons (Fsp3) is 0.533. The lowest BCUT2D eigenvalue weighted by Crippen LogP contribution is -2.29. The Bertz CT molecular complexity index is 437. The topological polar surface area (TPSA) is 58.6 Å². The van der Waals surface area contributed by atoms with E-state index >= 15 is 0 Å². The Hall–Kier alpha value is -1.26. The van der Waals surface area contributed by atoms with Crippen molar-refractivity contribution in [3.8, 4) is 5.75 Å². The minimum absolute atomic E-state index is 0.124. The molecule has 1 atom stereocenters. The van der Waals surface area contributed by atoms with Crippen molar-refractivity contribution in [2.45, 2.75) is 26.7 Å². The van der Waals surface area contributed by atoms with E-state index < -0.39 is 0 Å². The van der Waals surface area contributed by atoms with Gasteiger partial charge in [-0.25, -0.2) is 0 Å². The smallest absolute Gasteiger partial charge is 0.255 e. The molecule has 1 aromatic carbocycles. The Kier molecular flexibility index (Phi) is 7.41. The fourth-order valence-electron chi connectivity index (χ4n) is 1.70. The number of halogens is 1. The van der Waals surface area contributed by atoms with Crippen molar-refractivity contribution in [2.24, 2.45) is 5.92 Å². The number of aliphatic hydroxyl groups is 1. The highest BCUT2D eigenvalue weighted by atomic mass is 35.5. The van der Waals surface area contributed by atoms with Crippen molar-refractivity contribution < 1.29 is 14.6 Å². The zero-order valence-corrected chi connectivity index (χ0v) is 12.7. The van der Waals surface area contributed by atoms with Gasteiger partial charge in [0.05, 0.1) is 12.2 Å². The predicted octanol–water partition coefficient (Wildman–Crippen LogP) is 2.88. The van der Waals surface area contributed by atoms with Crippen LogP contribution >= 0.6 is 11.6 Å². The second-order valence-electron chi connectivity index (χ2n) is 4.82. The van der Waals surface area contributed by atoms with Crippen molar-refractivity contribution in [1.29, 1.82) is 0 Å². The molecule has 1 aromatic rings. The normalized spacial score (nSPS) is 12.0. The van der Waals surface area contributed by atoms with Crippen LogP contribution in [0.3, 0.4) is 0 Å². The molecule has 0 saturated carbocycles. The number of aliphatic hydroxyl groups excluding tert-OH is 1. The summed E-state index contributed by atoms with van der Waals surface area (Å²) in [5.41, 5.74) is 0.446. The summed E-state index contributed by atoms with van der Waals surface area (Å²) in [4.78, 5) is 12.2. The van der Waals surface area contributed by atoms with Crippen LogP contribution in [0.1, 0.15) is 37.0 Å². The molecule has 1 amide bonds. The second-order valence-corrected chi connectivity index (χ2v) is 5.25. The van der Waals surface area contributed by atoms with E-state index in [9.17, 15) is 4.79 Å². The zero-order valence-electron chi connectivity index (χ0n) is 12.0. The van der Waals surface area contributed by atoms with Gasteiger partial charge in [0, 0.05) is 18.2 Å². The maximum absolute atomic E-state index is 12.2. The van der Waals surface area contributed by atoms with Gasteiger partial charge >= 0.3 is 0 Å². The van der Waals surface area contributed by atoms with Gasteiger partial charge in [-0.1, -0.05) is 25.4 Å². The quantitative estimate of drug-likeness (QED) is 0.776. The van der Waals surface area contributed by atoms with E-state index in [2.05, 4.69) is 5.32 Å². The van der Waals surface area contributed by atoms with E-state index in [4.69, 9.17) is 21.4 Å². The lowest BCUT2D eigenvalue weighted by molar-refractivity contribution is 0.0941. The maximum Gasteiger partial charge on any atom is 0.255 e. The molecule has 0 radical (unpaired) electrons. The molecule has 0 saturated heterocycles. The Labute approximate surface area is 125 Å². The third-order valence-electron chi connectivity index (χ3n) is 2.88. The summed E-state index contributed by atoms with van der Waals surface area (Å²) < 4.78 is 5.56.